The molecular weight excluding hydrogens is 357 g/mol. The smallest absolute Gasteiger partial charge is 0.247 e. The number of sulfonamides is 1. The van der Waals surface area contributed by atoms with Gasteiger partial charge >= 0.3 is 0 Å². The van der Waals surface area contributed by atoms with Gasteiger partial charge in [0.2, 0.25) is 21.8 Å². The lowest BCUT2D eigenvalue weighted by Gasteiger charge is -2.25. The van der Waals surface area contributed by atoms with E-state index >= 15 is 0 Å². The minimum absolute atomic E-state index is 0.0257. The molecule has 2 amide bonds. The summed E-state index contributed by atoms with van der Waals surface area (Å²) in [7, 11) is -4.32. The fraction of sp³-hybridized carbons (Fsp3) is 0.200. The number of carbonyl (C=O) groups is 2. The summed E-state index contributed by atoms with van der Waals surface area (Å²) in [5.41, 5.74) is 5.55. The van der Waals surface area contributed by atoms with Crippen molar-refractivity contribution in [1.29, 1.82) is 0 Å². The number of halogens is 2. The first-order valence-corrected chi connectivity index (χ1v) is 7.52. The van der Waals surface area contributed by atoms with Gasteiger partial charge in [0.05, 0.1) is 13.1 Å². The Bertz CT molecular complexity index is 691. The predicted molar refractivity (Wildman–Crippen MR) is 70.4 cm³/mol. The van der Waals surface area contributed by atoms with E-state index < -0.39 is 45.6 Å². The molecule has 1 aromatic rings. The minimum atomic E-state index is -4.32. The van der Waals surface area contributed by atoms with Crippen molar-refractivity contribution in [2.75, 3.05) is 18.8 Å². The maximum atomic E-state index is 13.8. The number of carbonyl (C=O) groups excluding carboxylic acids is 2. The number of rotatable bonds is 2. The van der Waals surface area contributed by atoms with Crippen LogP contribution in [0.5, 0.6) is 0 Å². The van der Waals surface area contributed by atoms with E-state index in [-0.39, 0.29) is 10.2 Å². The van der Waals surface area contributed by atoms with Crippen LogP contribution < -0.4 is 11.1 Å². The zero-order valence-corrected chi connectivity index (χ0v) is 12.3. The van der Waals surface area contributed by atoms with E-state index in [1.54, 1.807) is 0 Å². The predicted octanol–water partition coefficient (Wildman–Crippen LogP) is -0.183. The van der Waals surface area contributed by atoms with Crippen LogP contribution in [0.4, 0.5) is 10.1 Å². The Kier molecular flexibility index (Phi) is 3.80. The monoisotopic (exact) mass is 365 g/mol. The Morgan fingerprint density at radius 1 is 1.25 bits per heavy atom. The summed E-state index contributed by atoms with van der Waals surface area (Å²) in [5, 5.41) is 1.96. The molecule has 0 bridgehead atoms. The maximum absolute atomic E-state index is 13.8. The third-order valence-electron chi connectivity index (χ3n) is 2.59. The van der Waals surface area contributed by atoms with Gasteiger partial charge in [-0.05, 0) is 28.1 Å². The number of anilines is 1. The van der Waals surface area contributed by atoms with E-state index in [9.17, 15) is 22.4 Å². The summed E-state index contributed by atoms with van der Waals surface area (Å²) in [4.78, 5) is 21.7. The molecule has 3 N–H and O–H groups in total. The summed E-state index contributed by atoms with van der Waals surface area (Å²) in [6.45, 7) is -1.10. The molecular formula is C10H9BrFN3O4S. The summed E-state index contributed by atoms with van der Waals surface area (Å²) in [6.07, 6.45) is 0. The van der Waals surface area contributed by atoms with Gasteiger partial charge < -0.3 is 5.73 Å². The Morgan fingerprint density at radius 2 is 1.80 bits per heavy atom. The number of hydrogen-bond acceptors (Lipinski definition) is 5. The third-order valence-corrected chi connectivity index (χ3v) is 5.08. The molecule has 2 rings (SSSR count). The molecule has 0 aliphatic carbocycles. The molecule has 1 heterocycles. The lowest BCUT2D eigenvalue weighted by molar-refractivity contribution is -0.134. The second-order valence-electron chi connectivity index (χ2n) is 4.05. The number of benzene rings is 1. The number of amides is 2. The van der Waals surface area contributed by atoms with Gasteiger partial charge in [-0.25, -0.2) is 12.8 Å². The normalized spacial score (nSPS) is 17.1. The van der Waals surface area contributed by atoms with E-state index in [1.807, 2.05) is 5.32 Å². The molecule has 20 heavy (non-hydrogen) atoms. The molecule has 1 aliphatic rings. The maximum Gasteiger partial charge on any atom is 0.247 e. The molecule has 1 aliphatic heterocycles. The van der Waals surface area contributed by atoms with Crippen LogP contribution in [0.1, 0.15) is 0 Å². The quantitative estimate of drug-likeness (QED) is 0.557. The number of nitrogen functional groups attached to an aromatic ring is 1. The molecule has 0 spiro atoms. The van der Waals surface area contributed by atoms with E-state index in [0.717, 1.165) is 12.1 Å². The van der Waals surface area contributed by atoms with Crippen molar-refractivity contribution in [1.82, 2.24) is 9.62 Å². The van der Waals surface area contributed by atoms with Gasteiger partial charge in [0, 0.05) is 10.2 Å². The number of nitrogens with one attached hydrogen (secondary N) is 1. The van der Waals surface area contributed by atoms with Crippen LogP contribution >= 0.6 is 15.9 Å². The van der Waals surface area contributed by atoms with E-state index in [0.29, 0.717) is 4.31 Å². The molecule has 10 heteroatoms. The highest BCUT2D eigenvalue weighted by Gasteiger charge is 2.34. The molecule has 1 aromatic carbocycles. The van der Waals surface area contributed by atoms with Crippen molar-refractivity contribution < 1.29 is 22.4 Å². The van der Waals surface area contributed by atoms with Crippen LogP contribution in [0.3, 0.4) is 0 Å². The highest BCUT2D eigenvalue weighted by atomic mass is 79.9. The van der Waals surface area contributed by atoms with Crippen LogP contribution in [-0.4, -0.2) is 37.6 Å². The van der Waals surface area contributed by atoms with Gasteiger partial charge in [-0.1, -0.05) is 0 Å². The second-order valence-corrected chi connectivity index (χ2v) is 6.81. The first-order chi connectivity index (χ1) is 9.21. The van der Waals surface area contributed by atoms with Crippen molar-refractivity contribution in [3.8, 4) is 0 Å². The van der Waals surface area contributed by atoms with Crippen molar-refractivity contribution >= 4 is 43.5 Å². The molecule has 0 aromatic heterocycles. The fourth-order valence-corrected chi connectivity index (χ4v) is 3.41. The molecule has 7 nitrogen and oxygen atoms in total. The number of imide groups is 1. The van der Waals surface area contributed by atoms with E-state index in [1.165, 1.54) is 0 Å². The Labute approximate surface area is 122 Å². The standard InChI is InChI=1S/C10H9BrFN3O4S/c11-5-1-6(12)8(2-7(5)13)20(18,19)15-3-9(16)14-10(17)4-15/h1-2H,3-4,13H2,(H,14,16,17). The summed E-state index contributed by atoms with van der Waals surface area (Å²) >= 11 is 2.97. The van der Waals surface area contributed by atoms with Crippen LogP contribution in [0.25, 0.3) is 0 Å². The van der Waals surface area contributed by atoms with Gasteiger partial charge in [0.1, 0.15) is 10.7 Å². The Morgan fingerprint density at radius 3 is 2.35 bits per heavy atom. The molecule has 108 valence electrons. The van der Waals surface area contributed by atoms with Crippen molar-refractivity contribution in [3.05, 3.63) is 22.4 Å². The van der Waals surface area contributed by atoms with Gasteiger partial charge in [0.25, 0.3) is 0 Å². The largest absolute Gasteiger partial charge is 0.398 e. The third kappa shape index (κ3) is 2.67. The average molecular weight is 366 g/mol. The van der Waals surface area contributed by atoms with Gasteiger partial charge in [-0.2, -0.15) is 4.31 Å². The zero-order chi connectivity index (χ0) is 15.1. The SMILES string of the molecule is Nc1cc(S(=O)(=O)N2CC(=O)NC(=O)C2)c(F)cc1Br. The molecule has 1 saturated heterocycles. The number of hydrogen-bond donors (Lipinski definition) is 2. The topological polar surface area (TPSA) is 110 Å². The lowest BCUT2D eigenvalue weighted by Crippen LogP contribution is -2.53. The van der Waals surface area contributed by atoms with Crippen molar-refractivity contribution in [2.24, 2.45) is 0 Å². The summed E-state index contributed by atoms with van der Waals surface area (Å²) in [6, 6.07) is 1.85. The zero-order valence-electron chi connectivity index (χ0n) is 9.89. The Hall–Kier alpha value is -1.52. The first-order valence-electron chi connectivity index (χ1n) is 5.29. The highest BCUT2D eigenvalue weighted by Crippen LogP contribution is 2.28. The Balaban J connectivity index is 2.47. The van der Waals surface area contributed by atoms with Crippen molar-refractivity contribution in [3.63, 3.8) is 0 Å². The summed E-state index contributed by atoms with van der Waals surface area (Å²) in [5.74, 6) is -2.56. The highest BCUT2D eigenvalue weighted by molar-refractivity contribution is 9.10. The lowest BCUT2D eigenvalue weighted by atomic mass is 10.3. The van der Waals surface area contributed by atoms with Gasteiger partial charge in [-0.15, -0.1) is 0 Å². The van der Waals surface area contributed by atoms with Gasteiger partial charge in [-0.3, -0.25) is 14.9 Å². The minimum Gasteiger partial charge on any atom is -0.398 e. The number of nitrogens with zero attached hydrogens (tertiary/aromatic N) is 1. The van der Waals surface area contributed by atoms with Crippen LogP contribution in [0, 0.1) is 5.82 Å². The van der Waals surface area contributed by atoms with Crippen LogP contribution in [0.15, 0.2) is 21.5 Å². The molecule has 1 fully saturated rings. The number of piperazine rings is 1. The van der Waals surface area contributed by atoms with Crippen molar-refractivity contribution in [2.45, 2.75) is 4.90 Å². The van der Waals surface area contributed by atoms with Crippen LogP contribution in [-0.2, 0) is 19.6 Å². The molecule has 0 atom stereocenters. The van der Waals surface area contributed by atoms with Gasteiger partial charge in [0.15, 0.2) is 0 Å². The number of nitrogens with two attached hydrogens (primary N) is 1. The van der Waals surface area contributed by atoms with E-state index in [4.69, 9.17) is 5.73 Å². The molecule has 0 saturated carbocycles. The van der Waals surface area contributed by atoms with Crippen LogP contribution in [0.2, 0.25) is 0 Å². The first kappa shape index (κ1) is 14.9. The fourth-order valence-electron chi connectivity index (χ4n) is 1.66. The van der Waals surface area contributed by atoms with E-state index in [2.05, 4.69) is 15.9 Å². The second kappa shape index (κ2) is 5.11. The molecule has 0 radical (unpaired) electrons. The summed E-state index contributed by atoms with van der Waals surface area (Å²) < 4.78 is 39.1. The average Bonchev–Trinajstić information content (AvgIpc) is 2.32. The molecule has 0 unspecified atom stereocenters.